The van der Waals surface area contributed by atoms with E-state index in [-0.39, 0.29) is 5.75 Å². The molecule has 5 nitrogen and oxygen atoms in total. The van der Waals surface area contributed by atoms with Crippen molar-refractivity contribution in [1.29, 1.82) is 0 Å². The lowest BCUT2D eigenvalue weighted by atomic mass is 10.2. The third-order valence-electron chi connectivity index (χ3n) is 3.74. The maximum Gasteiger partial charge on any atom is 0.191 e. The molecular weight excluding hydrogens is 295 g/mol. The number of aliphatic imine (C=N–C) groups is 1. The lowest BCUT2D eigenvalue weighted by Gasteiger charge is -2.16. The van der Waals surface area contributed by atoms with Gasteiger partial charge >= 0.3 is 0 Å². The molecule has 0 spiro atoms. The van der Waals surface area contributed by atoms with E-state index >= 15 is 0 Å². The van der Waals surface area contributed by atoms with Crippen LogP contribution in [0.15, 0.2) is 47.7 Å². The molecular formula is C17H19FN4O. The molecule has 0 atom stereocenters. The molecule has 1 aliphatic rings. The first-order chi connectivity index (χ1) is 11.1. The van der Waals surface area contributed by atoms with Gasteiger partial charge in [-0.1, -0.05) is 6.07 Å². The van der Waals surface area contributed by atoms with Crippen LogP contribution in [0.5, 0.6) is 11.5 Å². The van der Waals surface area contributed by atoms with Crippen molar-refractivity contribution < 1.29 is 9.13 Å². The van der Waals surface area contributed by atoms with E-state index in [9.17, 15) is 4.39 Å². The molecule has 0 saturated heterocycles. The zero-order valence-electron chi connectivity index (χ0n) is 12.9. The summed E-state index contributed by atoms with van der Waals surface area (Å²) in [5, 5.41) is 0. The summed E-state index contributed by atoms with van der Waals surface area (Å²) in [5.41, 5.74) is 6.67. The molecule has 3 rings (SSSR count). The van der Waals surface area contributed by atoms with Crippen LogP contribution >= 0.6 is 0 Å². The van der Waals surface area contributed by atoms with E-state index in [0.29, 0.717) is 24.3 Å². The van der Waals surface area contributed by atoms with E-state index in [2.05, 4.69) is 9.98 Å². The van der Waals surface area contributed by atoms with Crippen molar-refractivity contribution in [2.24, 2.45) is 10.7 Å². The van der Waals surface area contributed by atoms with E-state index in [4.69, 9.17) is 10.5 Å². The van der Waals surface area contributed by atoms with Crippen molar-refractivity contribution in [3.8, 4) is 11.5 Å². The monoisotopic (exact) mass is 314 g/mol. The predicted molar refractivity (Wildman–Crippen MR) is 86.8 cm³/mol. The lowest BCUT2D eigenvalue weighted by molar-refractivity contribution is 0.440. The van der Waals surface area contributed by atoms with Crippen LogP contribution in [0.1, 0.15) is 18.4 Å². The van der Waals surface area contributed by atoms with Gasteiger partial charge in [-0.3, -0.25) is 4.98 Å². The molecule has 1 heterocycles. The van der Waals surface area contributed by atoms with Gasteiger partial charge in [0.25, 0.3) is 0 Å². The highest BCUT2D eigenvalue weighted by Crippen LogP contribution is 2.26. The average molecular weight is 314 g/mol. The molecule has 6 heteroatoms. The molecule has 1 fully saturated rings. The van der Waals surface area contributed by atoms with E-state index < -0.39 is 5.82 Å². The molecule has 0 aliphatic heterocycles. The second-order valence-electron chi connectivity index (χ2n) is 5.57. The fourth-order valence-electron chi connectivity index (χ4n) is 2.19. The van der Waals surface area contributed by atoms with Crippen molar-refractivity contribution >= 4 is 5.96 Å². The third-order valence-corrected chi connectivity index (χ3v) is 3.74. The summed E-state index contributed by atoms with van der Waals surface area (Å²) in [4.78, 5) is 10.2. The van der Waals surface area contributed by atoms with Crippen molar-refractivity contribution in [2.45, 2.75) is 25.4 Å². The predicted octanol–water partition coefficient (Wildman–Crippen LogP) is 2.92. The smallest absolute Gasteiger partial charge is 0.191 e. The first-order valence-electron chi connectivity index (χ1n) is 7.52. The Morgan fingerprint density at radius 1 is 1.43 bits per heavy atom. The Hall–Kier alpha value is -2.63. The van der Waals surface area contributed by atoms with Crippen LogP contribution in [-0.4, -0.2) is 28.9 Å². The summed E-state index contributed by atoms with van der Waals surface area (Å²) >= 11 is 0. The van der Waals surface area contributed by atoms with Crippen molar-refractivity contribution in [2.75, 3.05) is 7.05 Å². The normalized spacial score (nSPS) is 14.6. The standard InChI is InChI=1S/C17H19FN4O/c1-22(13-5-6-13)17(19)21-10-12-4-7-16(15(18)9-12)23-14-3-2-8-20-11-14/h2-4,7-9,11,13H,5-6,10H2,1H3,(H2,19,21). The van der Waals surface area contributed by atoms with Crippen LogP contribution < -0.4 is 10.5 Å². The minimum atomic E-state index is -0.435. The van der Waals surface area contributed by atoms with Crippen molar-refractivity contribution in [3.63, 3.8) is 0 Å². The molecule has 0 bridgehead atoms. The van der Waals surface area contributed by atoms with Gasteiger partial charge in [0.1, 0.15) is 5.75 Å². The van der Waals surface area contributed by atoms with Gasteiger partial charge in [0.2, 0.25) is 0 Å². The number of hydrogen-bond acceptors (Lipinski definition) is 3. The lowest BCUT2D eigenvalue weighted by Crippen LogP contribution is -2.35. The number of halogens is 1. The van der Waals surface area contributed by atoms with Gasteiger partial charge in [0.05, 0.1) is 12.7 Å². The Labute approximate surface area is 134 Å². The highest BCUT2D eigenvalue weighted by atomic mass is 19.1. The Morgan fingerprint density at radius 2 is 2.26 bits per heavy atom. The fourth-order valence-corrected chi connectivity index (χ4v) is 2.19. The molecule has 0 radical (unpaired) electrons. The molecule has 1 aromatic carbocycles. The van der Waals surface area contributed by atoms with Crippen LogP contribution in [0, 0.1) is 5.82 Å². The molecule has 0 amide bonds. The van der Waals surface area contributed by atoms with Crippen LogP contribution in [0.2, 0.25) is 0 Å². The summed E-state index contributed by atoms with van der Waals surface area (Å²) in [6, 6.07) is 8.75. The number of guanidine groups is 1. The summed E-state index contributed by atoms with van der Waals surface area (Å²) in [5.74, 6) is 0.709. The summed E-state index contributed by atoms with van der Waals surface area (Å²) in [7, 11) is 1.93. The SMILES string of the molecule is CN(C(N)=NCc1ccc(Oc2cccnc2)c(F)c1)C1CC1. The number of pyridine rings is 1. The molecule has 0 unspecified atom stereocenters. The number of nitrogens with two attached hydrogens (primary N) is 1. The molecule has 1 aromatic heterocycles. The Balaban J connectivity index is 1.65. The van der Waals surface area contributed by atoms with Gasteiger partial charge < -0.3 is 15.4 Å². The van der Waals surface area contributed by atoms with E-state index in [1.54, 1.807) is 30.5 Å². The molecule has 1 saturated carbocycles. The van der Waals surface area contributed by atoms with Crippen LogP contribution in [0.3, 0.4) is 0 Å². The van der Waals surface area contributed by atoms with Gasteiger partial charge in [-0.2, -0.15) is 0 Å². The molecule has 23 heavy (non-hydrogen) atoms. The fraction of sp³-hybridized carbons (Fsp3) is 0.294. The van der Waals surface area contributed by atoms with Gasteiger partial charge in [0, 0.05) is 19.3 Å². The van der Waals surface area contributed by atoms with Gasteiger partial charge in [0.15, 0.2) is 17.5 Å². The average Bonchev–Trinajstić information content (AvgIpc) is 3.40. The molecule has 1 aliphatic carbocycles. The number of nitrogens with zero attached hydrogens (tertiary/aromatic N) is 3. The summed E-state index contributed by atoms with van der Waals surface area (Å²) in [6.45, 7) is 0.340. The van der Waals surface area contributed by atoms with Gasteiger partial charge in [-0.05, 0) is 42.7 Å². The number of aromatic nitrogens is 1. The second-order valence-corrected chi connectivity index (χ2v) is 5.57. The Morgan fingerprint density at radius 3 is 2.91 bits per heavy atom. The largest absolute Gasteiger partial charge is 0.453 e. The Kier molecular flexibility index (Phi) is 4.41. The number of rotatable bonds is 5. The second kappa shape index (κ2) is 6.64. The zero-order chi connectivity index (χ0) is 16.2. The van der Waals surface area contributed by atoms with E-state index in [0.717, 1.165) is 18.4 Å². The number of ether oxygens (including phenoxy) is 1. The quantitative estimate of drug-likeness (QED) is 0.681. The van der Waals surface area contributed by atoms with Crippen LogP contribution in [0.4, 0.5) is 4.39 Å². The van der Waals surface area contributed by atoms with Gasteiger partial charge in [-0.25, -0.2) is 9.38 Å². The summed E-state index contributed by atoms with van der Waals surface area (Å²) < 4.78 is 19.6. The molecule has 120 valence electrons. The van der Waals surface area contributed by atoms with E-state index in [1.165, 1.54) is 12.3 Å². The van der Waals surface area contributed by atoms with Crippen molar-refractivity contribution in [1.82, 2.24) is 9.88 Å². The van der Waals surface area contributed by atoms with Crippen molar-refractivity contribution in [3.05, 3.63) is 54.1 Å². The van der Waals surface area contributed by atoms with Crippen LogP contribution in [0.25, 0.3) is 0 Å². The highest BCUT2D eigenvalue weighted by Gasteiger charge is 2.27. The molecule has 2 aromatic rings. The molecule has 2 N–H and O–H groups in total. The topological polar surface area (TPSA) is 63.7 Å². The van der Waals surface area contributed by atoms with Gasteiger partial charge in [-0.15, -0.1) is 0 Å². The third kappa shape index (κ3) is 3.97. The minimum absolute atomic E-state index is 0.161. The first-order valence-corrected chi connectivity index (χ1v) is 7.52. The zero-order valence-corrected chi connectivity index (χ0v) is 12.9. The number of benzene rings is 1. The highest BCUT2D eigenvalue weighted by molar-refractivity contribution is 5.78. The maximum atomic E-state index is 14.1. The minimum Gasteiger partial charge on any atom is -0.453 e. The maximum absolute atomic E-state index is 14.1. The number of hydrogen-bond donors (Lipinski definition) is 1. The Bertz CT molecular complexity index is 701. The first kappa shape index (κ1) is 15.3. The van der Waals surface area contributed by atoms with Crippen LogP contribution in [-0.2, 0) is 6.54 Å². The summed E-state index contributed by atoms with van der Waals surface area (Å²) in [6.07, 6.45) is 5.48. The van der Waals surface area contributed by atoms with E-state index in [1.807, 2.05) is 11.9 Å².